The van der Waals surface area contributed by atoms with Gasteiger partial charge in [0.2, 0.25) is 5.91 Å². The van der Waals surface area contributed by atoms with Gasteiger partial charge in [-0.3, -0.25) is 4.79 Å². The molecule has 3 heteroatoms. The molecule has 0 N–H and O–H groups in total. The third-order valence-electron chi connectivity index (χ3n) is 3.49. The number of nitrogens with zero attached hydrogens (tertiary/aromatic N) is 1. The van der Waals surface area contributed by atoms with Crippen molar-refractivity contribution in [2.24, 2.45) is 0 Å². The van der Waals surface area contributed by atoms with Crippen LogP contribution in [-0.4, -0.2) is 29.3 Å². The summed E-state index contributed by atoms with van der Waals surface area (Å²) in [6.45, 7) is 4.64. The minimum atomic E-state index is 0.136. The number of halogens is 1. The van der Waals surface area contributed by atoms with E-state index in [-0.39, 0.29) is 11.9 Å². The highest BCUT2D eigenvalue weighted by molar-refractivity contribution is 6.18. The largest absolute Gasteiger partial charge is 0.339 e. The third-order valence-corrected chi connectivity index (χ3v) is 3.66. The van der Waals surface area contributed by atoms with Crippen LogP contribution in [0.2, 0.25) is 0 Å². The number of benzene rings is 2. The Bertz CT molecular complexity index is 589. The Balaban J connectivity index is 2.25. The maximum Gasteiger partial charge on any atom is 0.227 e. The van der Waals surface area contributed by atoms with E-state index in [0.29, 0.717) is 18.8 Å². The second-order valence-corrected chi connectivity index (χ2v) is 5.56. The van der Waals surface area contributed by atoms with E-state index in [1.807, 2.05) is 43.0 Å². The first-order valence-corrected chi connectivity index (χ1v) is 7.49. The Hall–Kier alpha value is -1.54. The summed E-state index contributed by atoms with van der Waals surface area (Å²) in [6.07, 6.45) is 0.427. The zero-order valence-corrected chi connectivity index (χ0v) is 12.7. The first kappa shape index (κ1) is 14.9. The van der Waals surface area contributed by atoms with Crippen LogP contribution in [0.15, 0.2) is 42.5 Å². The van der Waals surface area contributed by atoms with Crippen LogP contribution in [0.5, 0.6) is 0 Å². The molecule has 2 aromatic rings. The van der Waals surface area contributed by atoms with Crippen molar-refractivity contribution in [3.8, 4) is 0 Å². The average Bonchev–Trinajstić information content (AvgIpc) is 2.44. The van der Waals surface area contributed by atoms with Gasteiger partial charge < -0.3 is 4.90 Å². The molecule has 0 aromatic heterocycles. The molecule has 2 nitrogen and oxygen atoms in total. The molecule has 106 valence electrons. The molecule has 0 saturated carbocycles. The van der Waals surface area contributed by atoms with Crippen LogP contribution < -0.4 is 0 Å². The van der Waals surface area contributed by atoms with Gasteiger partial charge in [-0.05, 0) is 30.2 Å². The molecule has 0 heterocycles. The molecule has 0 saturated heterocycles. The molecular weight excluding hydrogens is 270 g/mol. The van der Waals surface area contributed by atoms with Gasteiger partial charge in [0.1, 0.15) is 0 Å². The van der Waals surface area contributed by atoms with Gasteiger partial charge in [-0.25, -0.2) is 0 Å². The molecule has 1 amide bonds. The summed E-state index contributed by atoms with van der Waals surface area (Å²) in [5, 5.41) is 2.32. The van der Waals surface area contributed by atoms with Crippen molar-refractivity contribution in [3.63, 3.8) is 0 Å². The lowest BCUT2D eigenvalue weighted by atomic mass is 10.0. The maximum atomic E-state index is 12.5. The molecule has 2 aromatic carbocycles. The number of hydrogen-bond donors (Lipinski definition) is 0. The highest BCUT2D eigenvalue weighted by Crippen LogP contribution is 2.19. The summed E-state index contributed by atoms with van der Waals surface area (Å²) in [5.74, 6) is 0.608. The highest BCUT2D eigenvalue weighted by atomic mass is 35.5. The van der Waals surface area contributed by atoms with Crippen LogP contribution in [-0.2, 0) is 11.2 Å². The Labute approximate surface area is 125 Å². The van der Waals surface area contributed by atoms with Gasteiger partial charge in [-0.1, -0.05) is 42.5 Å². The Kier molecular flexibility index (Phi) is 5.02. The Morgan fingerprint density at radius 1 is 1.15 bits per heavy atom. The summed E-state index contributed by atoms with van der Waals surface area (Å²) in [6, 6.07) is 14.4. The van der Waals surface area contributed by atoms with E-state index in [0.717, 1.165) is 10.9 Å². The molecule has 0 fully saturated rings. The van der Waals surface area contributed by atoms with Crippen LogP contribution in [0, 0.1) is 0 Å². The van der Waals surface area contributed by atoms with Gasteiger partial charge in [0, 0.05) is 18.5 Å². The van der Waals surface area contributed by atoms with E-state index in [4.69, 9.17) is 11.6 Å². The number of amides is 1. The molecule has 0 atom stereocenters. The Morgan fingerprint density at radius 3 is 2.55 bits per heavy atom. The summed E-state index contributed by atoms with van der Waals surface area (Å²) in [5.41, 5.74) is 1.08. The number of fused-ring (bicyclic) bond motifs is 1. The SMILES string of the molecule is CC(C)N(CCCl)C(=O)Cc1cccc2ccccc12. The molecular formula is C17H20ClNO. The quantitative estimate of drug-likeness (QED) is 0.766. The van der Waals surface area contributed by atoms with Crippen molar-refractivity contribution in [1.82, 2.24) is 4.90 Å². The first-order valence-electron chi connectivity index (χ1n) is 6.95. The van der Waals surface area contributed by atoms with E-state index in [1.54, 1.807) is 0 Å². The van der Waals surface area contributed by atoms with Crippen LogP contribution in [0.25, 0.3) is 10.8 Å². The molecule has 0 spiro atoms. The predicted molar refractivity (Wildman–Crippen MR) is 85.2 cm³/mol. The zero-order chi connectivity index (χ0) is 14.5. The molecule has 0 bridgehead atoms. The van der Waals surface area contributed by atoms with Crippen LogP contribution >= 0.6 is 11.6 Å². The fraction of sp³-hybridized carbons (Fsp3) is 0.353. The monoisotopic (exact) mass is 289 g/mol. The van der Waals surface area contributed by atoms with E-state index in [2.05, 4.69) is 18.2 Å². The van der Waals surface area contributed by atoms with Crippen molar-refractivity contribution in [1.29, 1.82) is 0 Å². The summed E-state index contributed by atoms with van der Waals surface area (Å²) in [4.78, 5) is 14.3. The van der Waals surface area contributed by atoms with Crippen LogP contribution in [0.4, 0.5) is 0 Å². The minimum Gasteiger partial charge on any atom is -0.339 e. The van der Waals surface area contributed by atoms with E-state index >= 15 is 0 Å². The highest BCUT2D eigenvalue weighted by Gasteiger charge is 2.17. The smallest absolute Gasteiger partial charge is 0.227 e. The van der Waals surface area contributed by atoms with E-state index < -0.39 is 0 Å². The van der Waals surface area contributed by atoms with Crippen molar-refractivity contribution in [2.45, 2.75) is 26.3 Å². The average molecular weight is 290 g/mol. The summed E-state index contributed by atoms with van der Waals surface area (Å²) in [7, 11) is 0. The van der Waals surface area contributed by atoms with Gasteiger partial charge in [-0.15, -0.1) is 11.6 Å². The second-order valence-electron chi connectivity index (χ2n) is 5.18. The van der Waals surface area contributed by atoms with Gasteiger partial charge in [-0.2, -0.15) is 0 Å². The van der Waals surface area contributed by atoms with Gasteiger partial charge >= 0.3 is 0 Å². The van der Waals surface area contributed by atoms with Crippen molar-refractivity contribution < 1.29 is 4.79 Å². The third kappa shape index (κ3) is 3.31. The lowest BCUT2D eigenvalue weighted by Gasteiger charge is -2.26. The lowest BCUT2D eigenvalue weighted by Crippen LogP contribution is -2.39. The number of carbonyl (C=O) groups excluding carboxylic acids is 1. The van der Waals surface area contributed by atoms with Crippen LogP contribution in [0.1, 0.15) is 19.4 Å². The van der Waals surface area contributed by atoms with Gasteiger partial charge in [0.05, 0.1) is 6.42 Å². The van der Waals surface area contributed by atoms with Gasteiger partial charge in [0.25, 0.3) is 0 Å². The van der Waals surface area contributed by atoms with E-state index in [9.17, 15) is 4.79 Å². The first-order chi connectivity index (χ1) is 9.63. The number of hydrogen-bond acceptors (Lipinski definition) is 1. The molecule has 2 rings (SSSR count). The second kappa shape index (κ2) is 6.76. The molecule has 0 radical (unpaired) electrons. The summed E-state index contributed by atoms with van der Waals surface area (Å²) >= 11 is 5.79. The lowest BCUT2D eigenvalue weighted by molar-refractivity contribution is -0.131. The normalized spacial score (nSPS) is 11.0. The van der Waals surface area contributed by atoms with E-state index in [1.165, 1.54) is 5.39 Å². The van der Waals surface area contributed by atoms with Crippen molar-refractivity contribution in [3.05, 3.63) is 48.0 Å². The number of rotatable bonds is 5. The molecule has 0 aliphatic heterocycles. The maximum absolute atomic E-state index is 12.5. The molecule has 20 heavy (non-hydrogen) atoms. The van der Waals surface area contributed by atoms with Crippen molar-refractivity contribution >= 4 is 28.3 Å². The number of carbonyl (C=O) groups is 1. The molecule has 0 aliphatic rings. The summed E-state index contributed by atoms with van der Waals surface area (Å²) < 4.78 is 0. The number of alkyl halides is 1. The van der Waals surface area contributed by atoms with Crippen LogP contribution in [0.3, 0.4) is 0 Å². The fourth-order valence-corrected chi connectivity index (χ4v) is 2.66. The van der Waals surface area contributed by atoms with Crippen molar-refractivity contribution in [2.75, 3.05) is 12.4 Å². The standard InChI is InChI=1S/C17H20ClNO/c1-13(2)19(11-10-18)17(20)12-15-8-5-7-14-6-3-4-9-16(14)15/h3-9,13H,10-12H2,1-2H3. The zero-order valence-electron chi connectivity index (χ0n) is 12.0. The minimum absolute atomic E-state index is 0.136. The molecule has 0 aliphatic carbocycles. The Morgan fingerprint density at radius 2 is 1.85 bits per heavy atom. The molecule has 0 unspecified atom stereocenters. The van der Waals surface area contributed by atoms with Gasteiger partial charge in [0.15, 0.2) is 0 Å². The predicted octanol–water partition coefficient (Wildman–Crippen LogP) is 3.86. The fourth-order valence-electron chi connectivity index (χ4n) is 2.47. The topological polar surface area (TPSA) is 20.3 Å².